The molecule has 1 saturated heterocycles. The van der Waals surface area contributed by atoms with Crippen molar-refractivity contribution in [1.29, 1.82) is 0 Å². The molecule has 7 heteroatoms. The predicted molar refractivity (Wildman–Crippen MR) is 84.6 cm³/mol. The second-order valence-corrected chi connectivity index (χ2v) is 5.94. The van der Waals surface area contributed by atoms with Gasteiger partial charge >= 0.3 is 12.2 Å². The van der Waals surface area contributed by atoms with E-state index in [1.807, 2.05) is 6.92 Å². The molecule has 0 bridgehead atoms. The fourth-order valence-electron chi connectivity index (χ4n) is 2.81. The summed E-state index contributed by atoms with van der Waals surface area (Å²) in [7, 11) is 0. The molecule has 1 heterocycles. The lowest BCUT2D eigenvalue weighted by Crippen LogP contribution is -2.46. The van der Waals surface area contributed by atoms with Crippen LogP contribution in [0.25, 0.3) is 0 Å². The molecular formula is C17H23F3N2O2. The summed E-state index contributed by atoms with van der Waals surface area (Å²) in [5.41, 5.74) is -0.277. The van der Waals surface area contributed by atoms with Crippen LogP contribution in [0, 0.1) is 0 Å². The van der Waals surface area contributed by atoms with Gasteiger partial charge in [0.15, 0.2) is 0 Å². The summed E-state index contributed by atoms with van der Waals surface area (Å²) in [6.07, 6.45) is -2.65. The van der Waals surface area contributed by atoms with Gasteiger partial charge in [-0.15, -0.1) is 0 Å². The zero-order valence-electron chi connectivity index (χ0n) is 13.9. The Morgan fingerprint density at radius 2 is 2.04 bits per heavy atom. The Morgan fingerprint density at radius 3 is 2.62 bits per heavy atom. The van der Waals surface area contributed by atoms with Gasteiger partial charge in [-0.1, -0.05) is 12.1 Å². The lowest BCUT2D eigenvalue weighted by atomic mass is 10.0. The Hall–Kier alpha value is -1.76. The third-order valence-electron chi connectivity index (χ3n) is 4.19. The number of likely N-dealkylation sites (tertiary alicyclic amines) is 1. The van der Waals surface area contributed by atoms with Gasteiger partial charge in [-0.25, -0.2) is 4.79 Å². The Morgan fingerprint density at radius 1 is 1.38 bits per heavy atom. The molecule has 2 rings (SSSR count). The van der Waals surface area contributed by atoms with E-state index in [4.69, 9.17) is 4.74 Å². The molecule has 0 saturated carbocycles. The summed E-state index contributed by atoms with van der Waals surface area (Å²) in [6.45, 7) is 5.46. The van der Waals surface area contributed by atoms with Crippen LogP contribution in [0.1, 0.15) is 43.9 Å². The molecule has 1 aliphatic rings. The van der Waals surface area contributed by atoms with E-state index in [1.165, 1.54) is 6.07 Å². The normalized spacial score (nSPS) is 17.6. The number of piperidine rings is 1. The number of halogens is 3. The van der Waals surface area contributed by atoms with Gasteiger partial charge < -0.3 is 15.0 Å². The topological polar surface area (TPSA) is 41.6 Å². The standard InChI is InChI=1S/C17H23F3N2O2/c1-3-24-15-7-9-22(10-8-15)16(23)21-12(2)13-5-4-6-14(11-13)17(18,19)20/h4-6,11-12,15H,3,7-10H2,1-2H3,(H,21,23)/t12-/m1/s1. The van der Waals surface area contributed by atoms with Crippen LogP contribution < -0.4 is 5.32 Å². The third kappa shape index (κ3) is 4.87. The van der Waals surface area contributed by atoms with Crippen LogP contribution in [0.3, 0.4) is 0 Å². The molecule has 2 amide bonds. The van der Waals surface area contributed by atoms with Crippen molar-refractivity contribution in [3.63, 3.8) is 0 Å². The Kier molecular flexibility index (Phi) is 6.10. The van der Waals surface area contributed by atoms with Crippen molar-refractivity contribution in [2.75, 3.05) is 19.7 Å². The molecule has 24 heavy (non-hydrogen) atoms. The van der Waals surface area contributed by atoms with Gasteiger partial charge in [0.2, 0.25) is 0 Å². The zero-order valence-corrected chi connectivity index (χ0v) is 13.9. The summed E-state index contributed by atoms with van der Waals surface area (Å²) in [6, 6.07) is 4.29. The van der Waals surface area contributed by atoms with E-state index in [1.54, 1.807) is 17.9 Å². The molecule has 0 aromatic heterocycles. The van der Waals surface area contributed by atoms with Crippen molar-refractivity contribution < 1.29 is 22.7 Å². The molecule has 0 unspecified atom stereocenters. The first-order chi connectivity index (χ1) is 11.3. The van der Waals surface area contributed by atoms with Gasteiger partial charge in [-0.3, -0.25) is 0 Å². The fraction of sp³-hybridized carbons (Fsp3) is 0.588. The summed E-state index contributed by atoms with van der Waals surface area (Å²) < 4.78 is 43.9. The summed E-state index contributed by atoms with van der Waals surface area (Å²) in [4.78, 5) is 14.0. The average molecular weight is 344 g/mol. The maximum atomic E-state index is 12.8. The van der Waals surface area contributed by atoms with Gasteiger partial charge in [0, 0.05) is 19.7 Å². The second kappa shape index (κ2) is 7.88. The van der Waals surface area contributed by atoms with Gasteiger partial charge in [0.25, 0.3) is 0 Å². The number of carbonyl (C=O) groups excluding carboxylic acids is 1. The summed E-state index contributed by atoms with van der Waals surface area (Å²) in [5.74, 6) is 0. The van der Waals surface area contributed by atoms with Crippen LogP contribution >= 0.6 is 0 Å². The van der Waals surface area contributed by atoms with E-state index in [2.05, 4.69) is 5.32 Å². The van der Waals surface area contributed by atoms with E-state index in [9.17, 15) is 18.0 Å². The smallest absolute Gasteiger partial charge is 0.378 e. The number of hydrogen-bond acceptors (Lipinski definition) is 2. The molecular weight excluding hydrogens is 321 g/mol. The average Bonchev–Trinajstić information content (AvgIpc) is 2.55. The van der Waals surface area contributed by atoms with Crippen molar-refractivity contribution in [3.8, 4) is 0 Å². The molecule has 1 fully saturated rings. The number of benzene rings is 1. The molecule has 1 atom stereocenters. The SMILES string of the molecule is CCOC1CCN(C(=O)N[C@H](C)c2cccc(C(F)(F)F)c2)CC1. The van der Waals surface area contributed by atoms with Gasteiger partial charge in [0.05, 0.1) is 17.7 Å². The second-order valence-electron chi connectivity index (χ2n) is 5.94. The lowest BCUT2D eigenvalue weighted by Gasteiger charge is -2.32. The Bertz CT molecular complexity index is 555. The Labute approximate surface area is 140 Å². The molecule has 4 nitrogen and oxygen atoms in total. The molecule has 1 aromatic carbocycles. The first kappa shape index (κ1) is 18.6. The number of urea groups is 1. The van der Waals surface area contributed by atoms with E-state index in [0.717, 1.165) is 25.0 Å². The van der Waals surface area contributed by atoms with Crippen LogP contribution in [0.2, 0.25) is 0 Å². The minimum atomic E-state index is -4.39. The number of rotatable bonds is 4. The number of alkyl halides is 3. The number of carbonyl (C=O) groups is 1. The summed E-state index contributed by atoms with van der Waals surface area (Å²) in [5, 5.41) is 2.77. The predicted octanol–water partition coefficient (Wildman–Crippen LogP) is 3.98. The highest BCUT2D eigenvalue weighted by Crippen LogP contribution is 2.30. The first-order valence-corrected chi connectivity index (χ1v) is 8.15. The number of nitrogens with one attached hydrogen (secondary N) is 1. The third-order valence-corrected chi connectivity index (χ3v) is 4.19. The number of ether oxygens (including phenoxy) is 1. The minimum Gasteiger partial charge on any atom is -0.378 e. The molecule has 1 aromatic rings. The van der Waals surface area contributed by atoms with E-state index >= 15 is 0 Å². The van der Waals surface area contributed by atoms with Crippen molar-refractivity contribution in [1.82, 2.24) is 10.2 Å². The van der Waals surface area contributed by atoms with Crippen LogP contribution in [0.15, 0.2) is 24.3 Å². The van der Waals surface area contributed by atoms with Crippen molar-refractivity contribution in [2.45, 2.75) is 45.0 Å². The molecule has 0 aliphatic carbocycles. The molecule has 0 spiro atoms. The Balaban J connectivity index is 1.93. The van der Waals surface area contributed by atoms with Gasteiger partial charge in [-0.2, -0.15) is 13.2 Å². The highest BCUT2D eigenvalue weighted by Gasteiger charge is 2.31. The van der Waals surface area contributed by atoms with E-state index in [-0.39, 0.29) is 12.1 Å². The van der Waals surface area contributed by atoms with Crippen LogP contribution in [0.5, 0.6) is 0 Å². The monoisotopic (exact) mass is 344 g/mol. The van der Waals surface area contributed by atoms with Gasteiger partial charge in [0.1, 0.15) is 0 Å². The lowest BCUT2D eigenvalue weighted by molar-refractivity contribution is -0.137. The molecule has 0 radical (unpaired) electrons. The van der Waals surface area contributed by atoms with Gasteiger partial charge in [-0.05, 0) is 44.4 Å². The highest BCUT2D eigenvalue weighted by atomic mass is 19.4. The number of nitrogens with zero attached hydrogens (tertiary/aromatic N) is 1. The van der Waals surface area contributed by atoms with Crippen molar-refractivity contribution in [3.05, 3.63) is 35.4 Å². The maximum absolute atomic E-state index is 12.8. The van der Waals surface area contributed by atoms with Crippen molar-refractivity contribution >= 4 is 6.03 Å². The fourth-order valence-corrected chi connectivity index (χ4v) is 2.81. The van der Waals surface area contributed by atoms with Crippen LogP contribution in [-0.2, 0) is 10.9 Å². The highest BCUT2D eigenvalue weighted by molar-refractivity contribution is 5.74. The molecule has 1 aliphatic heterocycles. The number of hydrogen-bond donors (Lipinski definition) is 1. The maximum Gasteiger partial charge on any atom is 0.416 e. The minimum absolute atomic E-state index is 0.181. The molecule has 1 N–H and O–H groups in total. The molecule has 134 valence electrons. The van der Waals surface area contributed by atoms with Crippen molar-refractivity contribution in [2.24, 2.45) is 0 Å². The quantitative estimate of drug-likeness (QED) is 0.898. The van der Waals surface area contributed by atoms with E-state index in [0.29, 0.717) is 25.3 Å². The zero-order chi connectivity index (χ0) is 17.7. The van der Waals surface area contributed by atoms with E-state index < -0.39 is 17.8 Å². The summed E-state index contributed by atoms with van der Waals surface area (Å²) >= 11 is 0. The first-order valence-electron chi connectivity index (χ1n) is 8.15. The number of amides is 2. The van der Waals surface area contributed by atoms with Crippen LogP contribution in [-0.4, -0.2) is 36.7 Å². The van der Waals surface area contributed by atoms with Crippen LogP contribution in [0.4, 0.5) is 18.0 Å². The largest absolute Gasteiger partial charge is 0.416 e.